The first-order chi connectivity index (χ1) is 8.56. The largest absolute Gasteiger partial charge is 0.389 e. The third-order valence-corrected chi connectivity index (χ3v) is 4.08. The van der Waals surface area contributed by atoms with Gasteiger partial charge in [0.25, 0.3) is 0 Å². The summed E-state index contributed by atoms with van der Waals surface area (Å²) in [5.41, 5.74) is 7.59. The molecule has 0 spiro atoms. The first kappa shape index (κ1) is 13.6. The number of hydrogen-bond acceptors (Lipinski definition) is 2. The minimum absolute atomic E-state index is 0.415. The van der Waals surface area contributed by atoms with Gasteiger partial charge < -0.3 is 11.1 Å². The highest BCUT2D eigenvalue weighted by molar-refractivity contribution is 7.80. The number of rotatable bonds is 3. The van der Waals surface area contributed by atoms with Crippen LogP contribution >= 0.6 is 23.8 Å². The first-order valence-corrected chi connectivity index (χ1v) is 7.21. The normalized spacial score (nSPS) is 23.7. The lowest BCUT2D eigenvalue weighted by Gasteiger charge is -2.28. The van der Waals surface area contributed by atoms with Crippen molar-refractivity contribution in [2.75, 3.05) is 5.32 Å². The van der Waals surface area contributed by atoms with E-state index in [1.54, 1.807) is 0 Å². The zero-order valence-corrected chi connectivity index (χ0v) is 12.2. The number of halogens is 1. The Balaban J connectivity index is 2.12. The number of thiocarbonyl (C=S) groups is 1. The maximum atomic E-state index is 6.04. The van der Waals surface area contributed by atoms with Gasteiger partial charge >= 0.3 is 0 Å². The summed E-state index contributed by atoms with van der Waals surface area (Å²) in [6.07, 6.45) is 4.95. The van der Waals surface area contributed by atoms with Gasteiger partial charge in [0.1, 0.15) is 4.99 Å². The van der Waals surface area contributed by atoms with Crippen molar-refractivity contribution in [3.8, 4) is 0 Å². The van der Waals surface area contributed by atoms with E-state index in [0.717, 1.165) is 17.2 Å². The van der Waals surface area contributed by atoms with E-state index in [4.69, 9.17) is 29.6 Å². The maximum absolute atomic E-state index is 6.04. The quantitative estimate of drug-likeness (QED) is 0.824. The molecule has 0 saturated heterocycles. The van der Waals surface area contributed by atoms with Crippen molar-refractivity contribution in [2.45, 2.75) is 38.6 Å². The molecule has 1 aliphatic rings. The van der Waals surface area contributed by atoms with Gasteiger partial charge in [0, 0.05) is 22.3 Å². The van der Waals surface area contributed by atoms with Gasteiger partial charge in [-0.3, -0.25) is 0 Å². The number of anilines is 1. The second-order valence-corrected chi connectivity index (χ2v) is 6.03. The van der Waals surface area contributed by atoms with E-state index >= 15 is 0 Å². The maximum Gasteiger partial charge on any atom is 0.106 e. The Kier molecular flexibility index (Phi) is 4.46. The Labute approximate surface area is 119 Å². The van der Waals surface area contributed by atoms with Crippen LogP contribution in [0.15, 0.2) is 18.2 Å². The highest BCUT2D eigenvalue weighted by atomic mass is 35.5. The molecule has 98 valence electrons. The molecule has 0 aliphatic heterocycles. The molecule has 4 heteroatoms. The van der Waals surface area contributed by atoms with Gasteiger partial charge in [0.15, 0.2) is 0 Å². The molecule has 3 N–H and O–H groups in total. The minimum atomic E-state index is 0.415. The van der Waals surface area contributed by atoms with Crippen LogP contribution in [0.4, 0.5) is 5.69 Å². The van der Waals surface area contributed by atoms with Crippen molar-refractivity contribution in [1.82, 2.24) is 0 Å². The van der Waals surface area contributed by atoms with Crippen LogP contribution in [0.5, 0.6) is 0 Å². The molecule has 0 amide bonds. The smallest absolute Gasteiger partial charge is 0.106 e. The van der Waals surface area contributed by atoms with Crippen molar-refractivity contribution in [2.24, 2.45) is 11.7 Å². The molecule has 18 heavy (non-hydrogen) atoms. The topological polar surface area (TPSA) is 38.0 Å². The lowest BCUT2D eigenvalue weighted by atomic mass is 9.87. The zero-order valence-electron chi connectivity index (χ0n) is 10.6. The first-order valence-electron chi connectivity index (χ1n) is 6.42. The summed E-state index contributed by atoms with van der Waals surface area (Å²) in [5, 5.41) is 4.25. The summed E-state index contributed by atoms with van der Waals surface area (Å²) in [6, 6.07) is 6.13. The second-order valence-electron chi connectivity index (χ2n) is 5.16. The molecule has 0 atom stereocenters. The lowest BCUT2D eigenvalue weighted by molar-refractivity contribution is 0.361. The summed E-state index contributed by atoms with van der Waals surface area (Å²) in [6.45, 7) is 2.32. The summed E-state index contributed by atoms with van der Waals surface area (Å²) in [5.74, 6) is 0.845. The van der Waals surface area contributed by atoms with Gasteiger partial charge in [-0.25, -0.2) is 0 Å². The molecule has 0 radical (unpaired) electrons. The summed E-state index contributed by atoms with van der Waals surface area (Å²) >= 11 is 11.1. The predicted molar refractivity (Wildman–Crippen MR) is 82.4 cm³/mol. The molecule has 1 fully saturated rings. The monoisotopic (exact) mass is 282 g/mol. The van der Waals surface area contributed by atoms with E-state index in [9.17, 15) is 0 Å². The molecule has 1 aliphatic carbocycles. The number of nitrogens with two attached hydrogens (primary N) is 1. The Morgan fingerprint density at radius 2 is 2.00 bits per heavy atom. The fourth-order valence-electron chi connectivity index (χ4n) is 2.48. The fraction of sp³-hybridized carbons (Fsp3) is 0.500. The van der Waals surface area contributed by atoms with Gasteiger partial charge in [-0.1, -0.05) is 30.7 Å². The van der Waals surface area contributed by atoms with Gasteiger partial charge in [-0.15, -0.1) is 0 Å². The van der Waals surface area contributed by atoms with Crippen LogP contribution < -0.4 is 11.1 Å². The third-order valence-electron chi connectivity index (χ3n) is 3.62. The molecule has 1 saturated carbocycles. The summed E-state index contributed by atoms with van der Waals surface area (Å²) in [7, 11) is 0. The Hall–Kier alpha value is -0.800. The average molecular weight is 283 g/mol. The van der Waals surface area contributed by atoms with Crippen LogP contribution in [-0.2, 0) is 0 Å². The minimum Gasteiger partial charge on any atom is -0.389 e. The van der Waals surface area contributed by atoms with Crippen molar-refractivity contribution >= 4 is 34.5 Å². The zero-order chi connectivity index (χ0) is 13.1. The van der Waals surface area contributed by atoms with E-state index in [-0.39, 0.29) is 0 Å². The highest BCUT2D eigenvalue weighted by Crippen LogP contribution is 2.28. The van der Waals surface area contributed by atoms with E-state index in [2.05, 4.69) is 12.2 Å². The second kappa shape index (κ2) is 5.89. The molecular weight excluding hydrogens is 264 g/mol. The Bertz CT molecular complexity index is 439. The van der Waals surface area contributed by atoms with E-state index in [0.29, 0.717) is 16.1 Å². The summed E-state index contributed by atoms with van der Waals surface area (Å²) in [4.78, 5) is 0.415. The van der Waals surface area contributed by atoms with Crippen LogP contribution in [0.3, 0.4) is 0 Å². The predicted octanol–water partition coefficient (Wildman–Crippen LogP) is 3.96. The van der Waals surface area contributed by atoms with Crippen LogP contribution in [0.25, 0.3) is 0 Å². The number of hydrogen-bond donors (Lipinski definition) is 2. The third kappa shape index (κ3) is 3.36. The van der Waals surface area contributed by atoms with Crippen LogP contribution in [-0.4, -0.2) is 11.0 Å². The molecular formula is C14H19ClN2S. The van der Waals surface area contributed by atoms with E-state index in [1.165, 1.54) is 25.7 Å². The van der Waals surface area contributed by atoms with E-state index in [1.807, 2.05) is 18.2 Å². The van der Waals surface area contributed by atoms with Crippen LogP contribution in [0.1, 0.15) is 38.2 Å². The molecule has 2 rings (SSSR count). The van der Waals surface area contributed by atoms with Crippen molar-refractivity contribution < 1.29 is 0 Å². The highest BCUT2D eigenvalue weighted by Gasteiger charge is 2.19. The van der Waals surface area contributed by atoms with Crippen molar-refractivity contribution in [1.29, 1.82) is 0 Å². The number of benzene rings is 1. The molecule has 1 aromatic rings. The molecule has 0 heterocycles. The van der Waals surface area contributed by atoms with Crippen LogP contribution in [0.2, 0.25) is 5.02 Å². The standard InChI is InChI=1S/C14H19ClN2S/c1-9-2-5-11(6-3-9)17-13-8-10(15)4-7-12(13)14(16)18/h4,7-9,11,17H,2-3,5-6H2,1H3,(H2,16,18). The van der Waals surface area contributed by atoms with Gasteiger partial charge in [0.2, 0.25) is 0 Å². The molecule has 2 nitrogen and oxygen atoms in total. The van der Waals surface area contributed by atoms with Gasteiger partial charge in [-0.05, 0) is 49.8 Å². The van der Waals surface area contributed by atoms with Gasteiger partial charge in [-0.2, -0.15) is 0 Å². The SMILES string of the molecule is CC1CCC(Nc2cc(Cl)ccc2C(N)=S)CC1. The van der Waals surface area contributed by atoms with Crippen molar-refractivity contribution in [3.63, 3.8) is 0 Å². The van der Waals surface area contributed by atoms with Crippen molar-refractivity contribution in [3.05, 3.63) is 28.8 Å². The molecule has 0 aromatic heterocycles. The fourth-order valence-corrected chi connectivity index (χ4v) is 2.83. The van der Waals surface area contributed by atoms with Crippen LogP contribution in [0, 0.1) is 5.92 Å². The molecule has 1 aromatic carbocycles. The van der Waals surface area contributed by atoms with Gasteiger partial charge in [0.05, 0.1) is 0 Å². The Morgan fingerprint density at radius 3 is 2.61 bits per heavy atom. The Morgan fingerprint density at radius 1 is 1.33 bits per heavy atom. The molecule has 0 unspecified atom stereocenters. The number of nitrogens with one attached hydrogen (secondary N) is 1. The lowest BCUT2D eigenvalue weighted by Crippen LogP contribution is -2.26. The summed E-state index contributed by atoms with van der Waals surface area (Å²) < 4.78 is 0. The average Bonchev–Trinajstić information content (AvgIpc) is 2.32. The molecule has 0 bridgehead atoms. The van der Waals surface area contributed by atoms with E-state index < -0.39 is 0 Å².